The maximum absolute atomic E-state index is 12.8. The molecule has 1 heterocycles. The van der Waals surface area contributed by atoms with Gasteiger partial charge in [0.05, 0.1) is 10.6 Å². The van der Waals surface area contributed by atoms with Crippen LogP contribution in [0.1, 0.15) is 63.4 Å². The highest BCUT2D eigenvalue weighted by Gasteiger charge is 2.36. The van der Waals surface area contributed by atoms with Crippen LogP contribution in [0.15, 0.2) is 23.1 Å². The van der Waals surface area contributed by atoms with Crippen LogP contribution in [0.3, 0.4) is 0 Å². The molecular formula is C22H30N2O4S. The monoisotopic (exact) mass is 418 g/mol. The molecule has 2 saturated carbocycles. The van der Waals surface area contributed by atoms with Gasteiger partial charge in [0.25, 0.3) is 0 Å². The smallest absolute Gasteiger partial charge is 0.230 e. The summed E-state index contributed by atoms with van der Waals surface area (Å²) in [5.74, 6) is -0.0524. The maximum atomic E-state index is 12.8. The number of carbonyl (C=O) groups excluding carboxylic acids is 2. The highest BCUT2D eigenvalue weighted by molar-refractivity contribution is 7.91. The summed E-state index contributed by atoms with van der Waals surface area (Å²) in [6.45, 7) is 0.623. The van der Waals surface area contributed by atoms with Gasteiger partial charge >= 0.3 is 0 Å². The first-order chi connectivity index (χ1) is 13.9. The number of hydrogen-bond acceptors (Lipinski definition) is 4. The molecule has 0 aromatic heterocycles. The van der Waals surface area contributed by atoms with Gasteiger partial charge in [0.15, 0.2) is 9.84 Å². The Kier molecular flexibility index (Phi) is 5.95. The quantitative estimate of drug-likeness (QED) is 0.720. The predicted molar refractivity (Wildman–Crippen MR) is 112 cm³/mol. The Morgan fingerprint density at radius 3 is 2.45 bits per heavy atom. The molecule has 0 atom stereocenters. The molecule has 6 nitrogen and oxygen atoms in total. The Morgan fingerprint density at radius 2 is 1.76 bits per heavy atom. The van der Waals surface area contributed by atoms with Crippen molar-refractivity contribution >= 4 is 27.3 Å². The minimum atomic E-state index is -3.53. The van der Waals surface area contributed by atoms with Crippen LogP contribution in [0, 0.1) is 5.92 Å². The fraction of sp³-hybridized carbons (Fsp3) is 0.636. The molecule has 0 spiro atoms. The summed E-state index contributed by atoms with van der Waals surface area (Å²) in [4.78, 5) is 26.7. The van der Waals surface area contributed by atoms with Crippen molar-refractivity contribution in [3.8, 4) is 0 Å². The lowest BCUT2D eigenvalue weighted by Gasteiger charge is -2.17. The molecule has 2 amide bonds. The number of benzene rings is 1. The lowest BCUT2D eigenvalue weighted by molar-refractivity contribution is -0.121. The van der Waals surface area contributed by atoms with Gasteiger partial charge in [-0.2, -0.15) is 0 Å². The number of hydrogen-bond donors (Lipinski definition) is 1. The first-order valence-corrected chi connectivity index (χ1v) is 12.6. The molecule has 0 saturated heterocycles. The van der Waals surface area contributed by atoms with Gasteiger partial charge in [-0.3, -0.25) is 9.59 Å². The van der Waals surface area contributed by atoms with Crippen LogP contribution in [0.5, 0.6) is 0 Å². The number of rotatable bonds is 6. The van der Waals surface area contributed by atoms with Gasteiger partial charge in [-0.1, -0.05) is 25.7 Å². The van der Waals surface area contributed by atoms with Crippen molar-refractivity contribution in [2.75, 3.05) is 17.2 Å². The first-order valence-electron chi connectivity index (χ1n) is 10.9. The van der Waals surface area contributed by atoms with Crippen molar-refractivity contribution < 1.29 is 18.0 Å². The standard InChI is InChI=1S/C22H30N2O4S/c25-21(23-18-5-3-1-2-4-6-18)12-14-29(27,28)19-9-10-20-17(15-19)11-13-24(20)22(26)16-7-8-16/h9-10,15-16,18H,1-8,11-14H2,(H,23,25). The zero-order chi connectivity index (χ0) is 20.4. The Bertz CT molecular complexity index is 884. The number of amides is 2. The van der Waals surface area contributed by atoms with Crippen LogP contribution >= 0.6 is 0 Å². The lowest BCUT2D eigenvalue weighted by atomic mass is 10.1. The van der Waals surface area contributed by atoms with E-state index in [1.54, 1.807) is 23.1 Å². The fourth-order valence-corrected chi connectivity index (χ4v) is 5.71. The molecule has 2 aliphatic carbocycles. The minimum Gasteiger partial charge on any atom is -0.353 e. The summed E-state index contributed by atoms with van der Waals surface area (Å²) in [7, 11) is -3.53. The molecule has 7 heteroatoms. The topological polar surface area (TPSA) is 83.6 Å². The number of sulfone groups is 1. The van der Waals surface area contributed by atoms with Crippen LogP contribution in [-0.2, 0) is 25.8 Å². The van der Waals surface area contributed by atoms with E-state index in [4.69, 9.17) is 0 Å². The third-order valence-electron chi connectivity index (χ3n) is 6.32. The molecule has 1 aromatic carbocycles. The molecule has 2 fully saturated rings. The average molecular weight is 419 g/mol. The Morgan fingerprint density at radius 1 is 1.03 bits per heavy atom. The largest absolute Gasteiger partial charge is 0.353 e. The van der Waals surface area contributed by atoms with Gasteiger partial charge in [-0.05, 0) is 55.9 Å². The molecule has 3 aliphatic rings. The van der Waals surface area contributed by atoms with Crippen LogP contribution in [0.4, 0.5) is 5.69 Å². The molecule has 158 valence electrons. The third kappa shape index (κ3) is 4.82. The summed E-state index contributed by atoms with van der Waals surface area (Å²) >= 11 is 0. The second kappa shape index (κ2) is 8.46. The number of nitrogens with zero attached hydrogens (tertiary/aromatic N) is 1. The van der Waals surface area contributed by atoms with Gasteiger partial charge in [0.1, 0.15) is 0 Å². The molecule has 0 bridgehead atoms. The van der Waals surface area contributed by atoms with Crippen molar-refractivity contribution in [2.24, 2.45) is 5.92 Å². The van der Waals surface area contributed by atoms with E-state index in [0.717, 1.165) is 49.8 Å². The van der Waals surface area contributed by atoms with E-state index in [2.05, 4.69) is 5.32 Å². The van der Waals surface area contributed by atoms with E-state index in [0.29, 0.717) is 13.0 Å². The number of carbonyl (C=O) groups is 2. The zero-order valence-electron chi connectivity index (χ0n) is 16.9. The van der Waals surface area contributed by atoms with Crippen molar-refractivity contribution in [1.82, 2.24) is 5.32 Å². The number of nitrogens with one attached hydrogen (secondary N) is 1. The van der Waals surface area contributed by atoms with E-state index in [9.17, 15) is 18.0 Å². The molecular weight excluding hydrogens is 388 g/mol. The van der Waals surface area contributed by atoms with Gasteiger partial charge < -0.3 is 10.2 Å². The third-order valence-corrected chi connectivity index (χ3v) is 8.03. The van der Waals surface area contributed by atoms with Crippen molar-refractivity contribution in [2.45, 2.75) is 75.1 Å². The summed E-state index contributed by atoms with van der Waals surface area (Å²) in [5.41, 5.74) is 1.75. The zero-order valence-corrected chi connectivity index (χ0v) is 17.7. The number of anilines is 1. The van der Waals surface area contributed by atoms with Gasteiger partial charge in [-0.25, -0.2) is 8.42 Å². The molecule has 0 radical (unpaired) electrons. The summed E-state index contributed by atoms with van der Waals surface area (Å²) in [6, 6.07) is 5.20. The lowest BCUT2D eigenvalue weighted by Crippen LogP contribution is -2.35. The minimum absolute atomic E-state index is 0.0117. The summed E-state index contributed by atoms with van der Waals surface area (Å²) in [6.07, 6.45) is 9.23. The average Bonchev–Trinajstić information content (AvgIpc) is 3.50. The summed E-state index contributed by atoms with van der Waals surface area (Å²) < 4.78 is 25.5. The van der Waals surface area contributed by atoms with Gasteiger partial charge in [-0.15, -0.1) is 0 Å². The summed E-state index contributed by atoms with van der Waals surface area (Å²) in [5, 5.41) is 3.01. The Hall–Kier alpha value is -1.89. The SMILES string of the molecule is O=C(CCS(=O)(=O)c1ccc2c(c1)CCN2C(=O)C1CC1)NC1CCCCCC1. The molecule has 1 aromatic rings. The molecule has 1 N–H and O–H groups in total. The second-order valence-corrected chi connectivity index (χ2v) is 10.7. The molecule has 0 unspecified atom stereocenters. The van der Waals surface area contributed by atoms with Gasteiger partial charge in [0.2, 0.25) is 11.8 Å². The maximum Gasteiger partial charge on any atom is 0.230 e. The Labute approximate surface area is 173 Å². The highest BCUT2D eigenvalue weighted by Crippen LogP contribution is 2.37. The fourth-order valence-electron chi connectivity index (χ4n) is 4.42. The van der Waals surface area contributed by atoms with E-state index in [1.165, 1.54) is 12.8 Å². The second-order valence-electron chi connectivity index (χ2n) is 8.63. The van der Waals surface area contributed by atoms with Crippen LogP contribution < -0.4 is 10.2 Å². The number of fused-ring (bicyclic) bond motifs is 1. The van der Waals surface area contributed by atoms with Crippen LogP contribution in [0.2, 0.25) is 0 Å². The predicted octanol–water partition coefficient (Wildman–Crippen LogP) is 2.99. The molecule has 29 heavy (non-hydrogen) atoms. The van der Waals surface area contributed by atoms with Gasteiger partial charge in [0, 0.05) is 30.6 Å². The van der Waals surface area contributed by atoms with E-state index in [-0.39, 0.29) is 40.8 Å². The van der Waals surface area contributed by atoms with Crippen LogP contribution in [0.25, 0.3) is 0 Å². The molecule has 1 aliphatic heterocycles. The van der Waals surface area contributed by atoms with E-state index < -0.39 is 9.84 Å². The highest BCUT2D eigenvalue weighted by atomic mass is 32.2. The first kappa shape index (κ1) is 20.4. The van der Waals surface area contributed by atoms with E-state index in [1.807, 2.05) is 0 Å². The van der Waals surface area contributed by atoms with E-state index >= 15 is 0 Å². The normalized spacial score (nSPS) is 20.2. The molecule has 4 rings (SSSR count). The van der Waals surface area contributed by atoms with Crippen molar-refractivity contribution in [1.29, 1.82) is 0 Å². The Balaban J connectivity index is 1.36. The van der Waals surface area contributed by atoms with Crippen LogP contribution in [-0.4, -0.2) is 38.6 Å². The van der Waals surface area contributed by atoms with Crippen molar-refractivity contribution in [3.63, 3.8) is 0 Å². The van der Waals surface area contributed by atoms with Crippen molar-refractivity contribution in [3.05, 3.63) is 23.8 Å².